The van der Waals surface area contributed by atoms with Gasteiger partial charge in [-0.15, -0.1) is 0 Å². The molecule has 1 N–H and O–H groups in total. The second-order valence-electron chi connectivity index (χ2n) is 7.22. The number of para-hydroxylation sites is 2. The third kappa shape index (κ3) is 4.33. The Balaban J connectivity index is 1.55. The molecule has 0 aliphatic heterocycles. The van der Waals surface area contributed by atoms with Gasteiger partial charge in [0.15, 0.2) is 0 Å². The zero-order valence-electron chi connectivity index (χ0n) is 16.9. The zero-order chi connectivity index (χ0) is 21.1. The van der Waals surface area contributed by atoms with Crippen molar-refractivity contribution in [3.05, 3.63) is 89.5 Å². The van der Waals surface area contributed by atoms with E-state index in [9.17, 15) is 9.18 Å². The number of carbonyl (C=O) groups excluding carboxylic acids is 1. The van der Waals surface area contributed by atoms with Crippen LogP contribution in [0, 0.1) is 19.7 Å². The second-order valence-corrected chi connectivity index (χ2v) is 7.22. The largest absolute Gasteiger partial charge is 0.486 e. The number of fused-ring (bicyclic) bond motifs is 1. The number of hydrogen-bond acceptors (Lipinski definition) is 3. The lowest BCUT2D eigenvalue weighted by Crippen LogP contribution is -2.21. The summed E-state index contributed by atoms with van der Waals surface area (Å²) in [4.78, 5) is 17.3. The molecule has 152 valence electrons. The van der Waals surface area contributed by atoms with Crippen LogP contribution < -0.4 is 10.1 Å². The van der Waals surface area contributed by atoms with E-state index in [0.29, 0.717) is 17.1 Å². The number of nitrogens with zero attached hydrogens (tertiary/aromatic N) is 2. The topological polar surface area (TPSA) is 56.2 Å². The van der Waals surface area contributed by atoms with Crippen LogP contribution in [0.5, 0.6) is 5.75 Å². The maximum Gasteiger partial charge on any atom is 0.244 e. The normalized spacial score (nSPS) is 10.9. The predicted octanol–water partition coefficient (Wildman–Crippen LogP) is 5.01. The number of aryl methyl sites for hydroxylation is 2. The lowest BCUT2D eigenvalue weighted by molar-refractivity contribution is -0.116. The summed E-state index contributed by atoms with van der Waals surface area (Å²) in [5.41, 5.74) is 3.73. The molecule has 5 nitrogen and oxygen atoms in total. The van der Waals surface area contributed by atoms with E-state index < -0.39 is 0 Å². The van der Waals surface area contributed by atoms with Gasteiger partial charge in [0.25, 0.3) is 0 Å². The predicted molar refractivity (Wildman–Crippen MR) is 115 cm³/mol. The van der Waals surface area contributed by atoms with Gasteiger partial charge in [-0.05, 0) is 55.8 Å². The molecular formula is C24H22FN3O2. The molecule has 0 atom stereocenters. The van der Waals surface area contributed by atoms with Gasteiger partial charge in [-0.3, -0.25) is 4.79 Å². The molecule has 0 unspecified atom stereocenters. The summed E-state index contributed by atoms with van der Waals surface area (Å²) in [6, 6.07) is 20.0. The molecule has 0 saturated carbocycles. The fourth-order valence-electron chi connectivity index (χ4n) is 3.21. The van der Waals surface area contributed by atoms with Gasteiger partial charge in [-0.25, -0.2) is 9.37 Å². The number of aromatic nitrogens is 2. The molecule has 3 aromatic carbocycles. The number of benzene rings is 3. The van der Waals surface area contributed by atoms with Gasteiger partial charge >= 0.3 is 0 Å². The Morgan fingerprint density at radius 2 is 1.83 bits per heavy atom. The quantitative estimate of drug-likeness (QED) is 0.492. The highest BCUT2D eigenvalue weighted by molar-refractivity contribution is 5.91. The van der Waals surface area contributed by atoms with Crippen molar-refractivity contribution in [2.45, 2.75) is 27.0 Å². The van der Waals surface area contributed by atoms with E-state index in [4.69, 9.17) is 4.74 Å². The van der Waals surface area contributed by atoms with Crippen molar-refractivity contribution in [2.24, 2.45) is 0 Å². The molecular weight excluding hydrogens is 381 g/mol. The molecule has 0 fully saturated rings. The number of hydrogen-bond donors (Lipinski definition) is 1. The van der Waals surface area contributed by atoms with Gasteiger partial charge in [0.1, 0.15) is 30.5 Å². The second kappa shape index (κ2) is 8.37. The number of rotatable bonds is 6. The Bertz CT molecular complexity index is 1200. The van der Waals surface area contributed by atoms with Gasteiger partial charge in [-0.2, -0.15) is 0 Å². The molecule has 1 amide bonds. The van der Waals surface area contributed by atoms with Gasteiger partial charge in [0.2, 0.25) is 5.91 Å². The van der Waals surface area contributed by atoms with Gasteiger partial charge in [0, 0.05) is 5.69 Å². The standard InChI is InChI=1S/C24H22FN3O2/c1-16-7-11-19(12-8-16)30-15-23-27-21-5-3-4-6-22(21)28(23)14-24(29)26-18-10-9-17(2)20(25)13-18/h3-13H,14-15H2,1-2H3,(H,26,29). The average Bonchev–Trinajstić information content (AvgIpc) is 3.08. The molecule has 0 saturated heterocycles. The van der Waals surface area contributed by atoms with Crippen molar-refractivity contribution in [1.82, 2.24) is 9.55 Å². The van der Waals surface area contributed by atoms with E-state index in [1.807, 2.05) is 60.0 Å². The highest BCUT2D eigenvalue weighted by atomic mass is 19.1. The van der Waals surface area contributed by atoms with Crippen LogP contribution in [0.3, 0.4) is 0 Å². The molecule has 0 spiro atoms. The minimum atomic E-state index is -0.354. The van der Waals surface area contributed by atoms with Crippen LogP contribution in [0.15, 0.2) is 66.7 Å². The number of carbonyl (C=O) groups is 1. The first kappa shape index (κ1) is 19.6. The van der Waals surface area contributed by atoms with Gasteiger partial charge < -0.3 is 14.6 Å². The van der Waals surface area contributed by atoms with Crippen LogP contribution >= 0.6 is 0 Å². The number of halogens is 1. The molecule has 1 heterocycles. The van der Waals surface area contributed by atoms with E-state index in [0.717, 1.165) is 22.3 Å². The zero-order valence-corrected chi connectivity index (χ0v) is 16.9. The van der Waals surface area contributed by atoms with Crippen molar-refractivity contribution in [3.8, 4) is 5.75 Å². The number of ether oxygens (including phenoxy) is 1. The Hall–Kier alpha value is -3.67. The summed E-state index contributed by atoms with van der Waals surface area (Å²) in [6.45, 7) is 3.97. The third-order valence-electron chi connectivity index (χ3n) is 4.88. The molecule has 30 heavy (non-hydrogen) atoms. The summed E-state index contributed by atoms with van der Waals surface area (Å²) in [5.74, 6) is 0.756. The molecule has 1 aromatic heterocycles. The maximum absolute atomic E-state index is 13.8. The van der Waals surface area contributed by atoms with E-state index in [1.54, 1.807) is 19.1 Å². The number of nitrogens with one attached hydrogen (secondary N) is 1. The number of imidazole rings is 1. The smallest absolute Gasteiger partial charge is 0.244 e. The molecule has 0 bridgehead atoms. The summed E-state index contributed by atoms with van der Waals surface area (Å²) in [5, 5.41) is 2.75. The van der Waals surface area contributed by atoms with Crippen LogP contribution in [0.2, 0.25) is 0 Å². The molecule has 6 heteroatoms. The monoisotopic (exact) mass is 403 g/mol. The number of amides is 1. The maximum atomic E-state index is 13.8. The minimum Gasteiger partial charge on any atom is -0.486 e. The van der Waals surface area contributed by atoms with Gasteiger partial charge in [-0.1, -0.05) is 35.9 Å². The van der Waals surface area contributed by atoms with Crippen LogP contribution in [0.4, 0.5) is 10.1 Å². The highest BCUT2D eigenvalue weighted by Crippen LogP contribution is 2.20. The van der Waals surface area contributed by atoms with E-state index in [2.05, 4.69) is 10.3 Å². The van der Waals surface area contributed by atoms with Crippen LogP contribution in [-0.4, -0.2) is 15.5 Å². The fraction of sp³-hybridized carbons (Fsp3) is 0.167. The third-order valence-corrected chi connectivity index (χ3v) is 4.88. The van der Waals surface area contributed by atoms with Crippen molar-refractivity contribution < 1.29 is 13.9 Å². The SMILES string of the molecule is Cc1ccc(OCc2nc3ccccc3n2CC(=O)Nc2ccc(C)c(F)c2)cc1. The summed E-state index contributed by atoms with van der Waals surface area (Å²) < 4.78 is 21.5. The Morgan fingerprint density at radius 3 is 2.60 bits per heavy atom. The van der Waals surface area contributed by atoms with Crippen LogP contribution in [-0.2, 0) is 17.9 Å². The molecule has 4 rings (SSSR count). The highest BCUT2D eigenvalue weighted by Gasteiger charge is 2.15. The van der Waals surface area contributed by atoms with Crippen LogP contribution in [0.25, 0.3) is 11.0 Å². The lowest BCUT2D eigenvalue weighted by Gasteiger charge is -2.11. The Labute approximate surface area is 174 Å². The van der Waals surface area contributed by atoms with E-state index >= 15 is 0 Å². The minimum absolute atomic E-state index is 0.0442. The first-order chi connectivity index (χ1) is 14.5. The molecule has 0 radical (unpaired) electrons. The Morgan fingerprint density at radius 1 is 1.07 bits per heavy atom. The summed E-state index contributed by atoms with van der Waals surface area (Å²) in [7, 11) is 0. The summed E-state index contributed by atoms with van der Waals surface area (Å²) in [6.07, 6.45) is 0. The molecule has 0 aliphatic carbocycles. The van der Waals surface area contributed by atoms with Crippen LogP contribution in [0.1, 0.15) is 17.0 Å². The van der Waals surface area contributed by atoms with Gasteiger partial charge in [0.05, 0.1) is 11.0 Å². The van der Waals surface area contributed by atoms with Crippen molar-refractivity contribution in [2.75, 3.05) is 5.32 Å². The lowest BCUT2D eigenvalue weighted by atomic mass is 10.2. The summed E-state index contributed by atoms with van der Waals surface area (Å²) >= 11 is 0. The van der Waals surface area contributed by atoms with E-state index in [1.165, 1.54) is 6.07 Å². The average molecular weight is 403 g/mol. The number of anilines is 1. The fourth-order valence-corrected chi connectivity index (χ4v) is 3.21. The Kier molecular flexibility index (Phi) is 5.48. The first-order valence-electron chi connectivity index (χ1n) is 9.69. The van der Waals surface area contributed by atoms with Crippen molar-refractivity contribution >= 4 is 22.6 Å². The van der Waals surface area contributed by atoms with E-state index in [-0.39, 0.29) is 24.9 Å². The van der Waals surface area contributed by atoms with Crippen molar-refractivity contribution in [1.29, 1.82) is 0 Å². The first-order valence-corrected chi connectivity index (χ1v) is 9.69. The molecule has 0 aliphatic rings. The molecule has 4 aromatic rings. The van der Waals surface area contributed by atoms with Crippen molar-refractivity contribution in [3.63, 3.8) is 0 Å².